The number of hydrogen-bond acceptors (Lipinski definition) is 6. The quantitative estimate of drug-likeness (QED) is 0.465. The van der Waals surface area contributed by atoms with Crippen LogP contribution in [0.15, 0.2) is 40.9 Å². The number of thioether (sulfide) groups is 1. The normalized spacial score (nSPS) is 16.0. The molecule has 3 aromatic rings. The maximum atomic E-state index is 12.8. The first-order valence-corrected chi connectivity index (χ1v) is 12.4. The maximum Gasteiger partial charge on any atom is 0.233 e. The van der Waals surface area contributed by atoms with Crippen molar-refractivity contribution in [2.75, 3.05) is 19.4 Å². The summed E-state index contributed by atoms with van der Waals surface area (Å²) in [5, 5.41) is 11.7. The van der Waals surface area contributed by atoms with E-state index in [2.05, 4.69) is 52.9 Å². The second kappa shape index (κ2) is 9.97. The van der Waals surface area contributed by atoms with Crippen LogP contribution in [0.2, 0.25) is 0 Å². The summed E-state index contributed by atoms with van der Waals surface area (Å²) in [5.74, 6) is 1.26. The van der Waals surface area contributed by atoms with Gasteiger partial charge < -0.3 is 9.64 Å². The molecule has 1 atom stereocenters. The summed E-state index contributed by atoms with van der Waals surface area (Å²) in [6, 6.07) is 10.4. The summed E-state index contributed by atoms with van der Waals surface area (Å²) < 4.78 is 7.96. The van der Waals surface area contributed by atoms with Gasteiger partial charge in [-0.3, -0.25) is 9.36 Å². The number of aromatic nitrogens is 3. The predicted molar refractivity (Wildman–Crippen MR) is 125 cm³/mol. The fourth-order valence-electron chi connectivity index (χ4n) is 3.74. The van der Waals surface area contributed by atoms with Crippen LogP contribution in [0.25, 0.3) is 10.7 Å². The highest BCUT2D eigenvalue weighted by Gasteiger charge is 2.23. The lowest BCUT2D eigenvalue weighted by Gasteiger charge is -2.19. The Labute approximate surface area is 191 Å². The predicted octanol–water partition coefficient (Wildman–Crippen LogP) is 4.55. The van der Waals surface area contributed by atoms with E-state index in [1.165, 1.54) is 28.5 Å². The van der Waals surface area contributed by atoms with Gasteiger partial charge in [-0.2, -0.15) is 0 Å². The van der Waals surface area contributed by atoms with Crippen molar-refractivity contribution in [1.82, 2.24) is 19.7 Å². The third kappa shape index (κ3) is 5.37. The molecule has 1 saturated heterocycles. The van der Waals surface area contributed by atoms with E-state index in [9.17, 15) is 4.79 Å². The van der Waals surface area contributed by atoms with Gasteiger partial charge in [-0.1, -0.05) is 41.6 Å². The van der Waals surface area contributed by atoms with E-state index in [0.717, 1.165) is 41.9 Å². The Hall–Kier alpha value is -2.16. The summed E-state index contributed by atoms with van der Waals surface area (Å²) in [6.07, 6.45) is 2.31. The number of nitrogens with zero attached hydrogens (tertiary/aromatic N) is 4. The van der Waals surface area contributed by atoms with E-state index < -0.39 is 0 Å². The Bertz CT molecular complexity index is 1030. The van der Waals surface area contributed by atoms with Crippen molar-refractivity contribution in [2.45, 2.75) is 51.0 Å². The number of aryl methyl sites for hydroxylation is 2. The topological polar surface area (TPSA) is 60.2 Å². The molecule has 0 radical (unpaired) electrons. The first-order chi connectivity index (χ1) is 15.0. The van der Waals surface area contributed by atoms with Crippen molar-refractivity contribution in [3.63, 3.8) is 0 Å². The van der Waals surface area contributed by atoms with E-state index in [1.54, 1.807) is 16.2 Å². The zero-order valence-corrected chi connectivity index (χ0v) is 19.8. The van der Waals surface area contributed by atoms with Gasteiger partial charge in [0.2, 0.25) is 5.91 Å². The molecule has 1 aliphatic heterocycles. The molecule has 6 nitrogen and oxygen atoms in total. The third-order valence-electron chi connectivity index (χ3n) is 5.52. The summed E-state index contributed by atoms with van der Waals surface area (Å²) in [7, 11) is 1.86. The Morgan fingerprint density at radius 2 is 2.19 bits per heavy atom. The molecule has 1 aliphatic rings. The third-order valence-corrected chi connectivity index (χ3v) is 7.34. The molecule has 0 N–H and O–H groups in total. The highest BCUT2D eigenvalue weighted by molar-refractivity contribution is 7.99. The first kappa shape index (κ1) is 22.0. The fraction of sp³-hybridized carbons (Fsp3) is 0.435. The first-order valence-electron chi connectivity index (χ1n) is 10.5. The van der Waals surface area contributed by atoms with E-state index in [0.29, 0.717) is 12.3 Å². The molecule has 1 unspecified atom stereocenters. The smallest absolute Gasteiger partial charge is 0.233 e. The van der Waals surface area contributed by atoms with Crippen LogP contribution >= 0.6 is 23.1 Å². The molecule has 31 heavy (non-hydrogen) atoms. The van der Waals surface area contributed by atoms with Gasteiger partial charge in [0.25, 0.3) is 0 Å². The van der Waals surface area contributed by atoms with E-state index in [1.807, 2.05) is 18.5 Å². The Balaban J connectivity index is 1.44. The van der Waals surface area contributed by atoms with Crippen LogP contribution in [0.3, 0.4) is 0 Å². The van der Waals surface area contributed by atoms with Crippen LogP contribution < -0.4 is 0 Å². The van der Waals surface area contributed by atoms with Crippen molar-refractivity contribution < 1.29 is 9.53 Å². The number of thiophene rings is 1. The fourth-order valence-corrected chi connectivity index (χ4v) is 5.35. The van der Waals surface area contributed by atoms with Gasteiger partial charge in [0.15, 0.2) is 11.0 Å². The zero-order valence-electron chi connectivity index (χ0n) is 18.2. The number of rotatable bonds is 8. The van der Waals surface area contributed by atoms with Crippen molar-refractivity contribution in [3.8, 4) is 10.7 Å². The number of hydrogen-bond donors (Lipinski definition) is 0. The van der Waals surface area contributed by atoms with E-state index in [4.69, 9.17) is 4.74 Å². The number of ether oxygens (including phenoxy) is 1. The molecule has 1 fully saturated rings. The van der Waals surface area contributed by atoms with E-state index in [-0.39, 0.29) is 12.0 Å². The minimum Gasteiger partial charge on any atom is -0.376 e. The Morgan fingerprint density at radius 3 is 2.90 bits per heavy atom. The van der Waals surface area contributed by atoms with Gasteiger partial charge in [0.1, 0.15) is 0 Å². The lowest BCUT2D eigenvalue weighted by atomic mass is 10.1. The van der Waals surface area contributed by atoms with E-state index >= 15 is 0 Å². The summed E-state index contributed by atoms with van der Waals surface area (Å²) >= 11 is 3.10. The van der Waals surface area contributed by atoms with Crippen LogP contribution in [-0.2, 0) is 22.6 Å². The molecule has 1 aromatic carbocycles. The maximum absolute atomic E-state index is 12.8. The standard InChI is InChI=1S/C23H28N4O2S2/c1-16-8-9-18(17(2)12-16)13-26(3)21(28)15-31-23-25-24-22(20-7-5-11-30-20)27(23)14-19-6-4-10-29-19/h5,7-9,11-12,19H,4,6,10,13-15H2,1-3H3. The second-order valence-electron chi connectivity index (χ2n) is 8.00. The molecule has 0 spiro atoms. The van der Waals surface area contributed by atoms with Gasteiger partial charge in [-0.15, -0.1) is 21.5 Å². The van der Waals surface area contributed by atoms with Gasteiger partial charge in [-0.25, -0.2) is 0 Å². The molecule has 8 heteroatoms. The highest BCUT2D eigenvalue weighted by atomic mass is 32.2. The van der Waals surface area contributed by atoms with Crippen molar-refractivity contribution >= 4 is 29.0 Å². The monoisotopic (exact) mass is 456 g/mol. The number of carbonyl (C=O) groups is 1. The summed E-state index contributed by atoms with van der Waals surface area (Å²) in [5.41, 5.74) is 3.62. The Kier molecular flexibility index (Phi) is 7.09. The van der Waals surface area contributed by atoms with Gasteiger partial charge in [0, 0.05) is 20.2 Å². The molecule has 2 aromatic heterocycles. The average molecular weight is 457 g/mol. The van der Waals surface area contributed by atoms with Crippen LogP contribution in [0.5, 0.6) is 0 Å². The number of carbonyl (C=O) groups excluding carboxylic acids is 1. The average Bonchev–Trinajstić information content (AvgIpc) is 3.50. The Morgan fingerprint density at radius 1 is 1.32 bits per heavy atom. The van der Waals surface area contributed by atoms with Gasteiger partial charge >= 0.3 is 0 Å². The lowest BCUT2D eigenvalue weighted by Crippen LogP contribution is -2.28. The van der Waals surface area contributed by atoms with Crippen molar-refractivity contribution in [1.29, 1.82) is 0 Å². The van der Waals surface area contributed by atoms with Crippen LogP contribution in [0.1, 0.15) is 29.5 Å². The molecular formula is C23H28N4O2S2. The molecule has 0 saturated carbocycles. The molecular weight excluding hydrogens is 428 g/mol. The van der Waals surface area contributed by atoms with Crippen LogP contribution in [0, 0.1) is 13.8 Å². The van der Waals surface area contributed by atoms with Crippen molar-refractivity contribution in [2.24, 2.45) is 0 Å². The van der Waals surface area contributed by atoms with Gasteiger partial charge in [-0.05, 0) is 49.3 Å². The molecule has 1 amide bonds. The summed E-state index contributed by atoms with van der Waals surface area (Å²) in [6.45, 7) is 6.31. The second-order valence-corrected chi connectivity index (χ2v) is 9.89. The zero-order chi connectivity index (χ0) is 21.8. The van der Waals surface area contributed by atoms with Gasteiger partial charge in [0.05, 0.1) is 23.3 Å². The van der Waals surface area contributed by atoms with Crippen LogP contribution in [0.4, 0.5) is 0 Å². The minimum atomic E-state index is 0.0781. The summed E-state index contributed by atoms with van der Waals surface area (Å²) in [4.78, 5) is 15.7. The number of amides is 1. The minimum absolute atomic E-state index is 0.0781. The highest BCUT2D eigenvalue weighted by Crippen LogP contribution is 2.29. The van der Waals surface area contributed by atoms with Crippen LogP contribution in [-0.4, -0.2) is 51.1 Å². The lowest BCUT2D eigenvalue weighted by molar-refractivity contribution is -0.127. The molecule has 164 valence electrons. The molecule has 0 aliphatic carbocycles. The molecule has 3 heterocycles. The largest absolute Gasteiger partial charge is 0.376 e. The SMILES string of the molecule is Cc1ccc(CN(C)C(=O)CSc2nnc(-c3cccs3)n2CC2CCCO2)c(C)c1. The van der Waals surface area contributed by atoms with Crippen molar-refractivity contribution in [3.05, 3.63) is 52.4 Å². The molecule has 4 rings (SSSR count). The molecule has 0 bridgehead atoms. The number of benzene rings is 1.